The van der Waals surface area contributed by atoms with E-state index in [1.165, 1.54) is 18.5 Å². The van der Waals surface area contributed by atoms with Gasteiger partial charge >= 0.3 is 6.18 Å². The van der Waals surface area contributed by atoms with Crippen LogP contribution in [0, 0.1) is 5.41 Å². The molecule has 7 nitrogen and oxygen atoms in total. The molecule has 5 rings (SSSR count). The zero-order valence-electron chi connectivity index (χ0n) is 16.9. The van der Waals surface area contributed by atoms with Gasteiger partial charge in [0, 0.05) is 31.6 Å². The minimum atomic E-state index is -4.40. The number of aromatic nitrogens is 5. The van der Waals surface area contributed by atoms with Crippen molar-refractivity contribution < 1.29 is 22.0 Å². The topological polar surface area (TPSA) is 63.0 Å². The minimum Gasteiger partial charge on any atom is -0.370 e. The first kappa shape index (κ1) is 20.8. The van der Waals surface area contributed by atoms with Crippen molar-refractivity contribution in [2.75, 3.05) is 36.0 Å². The number of alkyl halides is 5. The maximum Gasteiger partial charge on any atom is 0.408 e. The third-order valence-electron chi connectivity index (χ3n) is 6.06. The molecule has 2 aliphatic heterocycles. The summed E-state index contributed by atoms with van der Waals surface area (Å²) in [6.07, 6.45) is -0.714. The number of anilines is 2. The van der Waals surface area contributed by atoms with Crippen LogP contribution in [0.3, 0.4) is 0 Å². The summed E-state index contributed by atoms with van der Waals surface area (Å²) in [6, 6.07) is 3.02. The fraction of sp³-hybridized carbons (Fsp3) is 0.500. The molecule has 0 aliphatic carbocycles. The van der Waals surface area contributed by atoms with Crippen LogP contribution in [-0.2, 0) is 6.54 Å². The van der Waals surface area contributed by atoms with Gasteiger partial charge in [-0.25, -0.2) is 23.4 Å². The molecule has 0 aromatic carbocycles. The van der Waals surface area contributed by atoms with E-state index in [1.807, 2.05) is 4.90 Å². The lowest BCUT2D eigenvalue weighted by Crippen LogP contribution is -2.63. The van der Waals surface area contributed by atoms with Gasteiger partial charge in [0.05, 0.1) is 24.3 Å². The molecular formula is C20H20F5N7. The van der Waals surface area contributed by atoms with Gasteiger partial charge in [0.1, 0.15) is 23.6 Å². The number of fused-ring (bicyclic) bond motifs is 1. The summed E-state index contributed by atoms with van der Waals surface area (Å²) in [7, 11) is 0. The van der Waals surface area contributed by atoms with E-state index in [9.17, 15) is 22.0 Å². The lowest BCUT2D eigenvalue weighted by molar-refractivity contribution is -0.141. The van der Waals surface area contributed by atoms with Crippen LogP contribution < -0.4 is 9.80 Å². The van der Waals surface area contributed by atoms with Crippen LogP contribution in [0.25, 0.3) is 11.2 Å². The Bertz CT molecular complexity index is 1110. The van der Waals surface area contributed by atoms with Gasteiger partial charge in [-0.2, -0.15) is 18.3 Å². The average molecular weight is 453 g/mol. The van der Waals surface area contributed by atoms with Crippen molar-refractivity contribution in [1.82, 2.24) is 24.7 Å². The third kappa shape index (κ3) is 3.93. The Morgan fingerprint density at radius 3 is 2.47 bits per heavy atom. The second-order valence-corrected chi connectivity index (χ2v) is 8.48. The number of hydrogen-bond donors (Lipinski definition) is 0. The standard InChI is InChI=1S/C20H20F5N7/c21-17(22)14-3-2-13(6-26-14)30-5-1-4-19(9-30)10-31(11-19)16-8-27-15-7-28-32(18(15)29-16)12-20(23,24)25/h2-3,6-8,17H,1,4-5,9-12H2. The lowest BCUT2D eigenvalue weighted by atomic mass is 9.73. The number of rotatable bonds is 4. The molecule has 0 atom stereocenters. The first-order chi connectivity index (χ1) is 15.2. The zero-order valence-corrected chi connectivity index (χ0v) is 16.9. The van der Waals surface area contributed by atoms with E-state index in [0.717, 1.165) is 36.3 Å². The maximum atomic E-state index is 12.8. The van der Waals surface area contributed by atoms with Crippen molar-refractivity contribution in [3.05, 3.63) is 36.4 Å². The Morgan fingerprint density at radius 1 is 1.00 bits per heavy atom. The molecule has 0 saturated carbocycles. The highest BCUT2D eigenvalue weighted by molar-refractivity contribution is 5.71. The number of halogens is 5. The van der Waals surface area contributed by atoms with E-state index in [2.05, 4.69) is 25.0 Å². The van der Waals surface area contributed by atoms with Crippen LogP contribution in [-0.4, -0.2) is 57.1 Å². The van der Waals surface area contributed by atoms with Gasteiger partial charge in [0.2, 0.25) is 0 Å². The number of nitrogens with zero attached hydrogens (tertiary/aromatic N) is 7. The maximum absolute atomic E-state index is 12.8. The zero-order chi connectivity index (χ0) is 22.5. The summed E-state index contributed by atoms with van der Waals surface area (Å²) in [5, 5.41) is 3.76. The van der Waals surface area contributed by atoms with Crippen LogP contribution in [0.15, 0.2) is 30.7 Å². The minimum absolute atomic E-state index is 0.00247. The molecule has 1 spiro atoms. The van der Waals surface area contributed by atoms with Crippen molar-refractivity contribution in [1.29, 1.82) is 0 Å². The largest absolute Gasteiger partial charge is 0.408 e. The highest BCUT2D eigenvalue weighted by Crippen LogP contribution is 2.42. The molecule has 32 heavy (non-hydrogen) atoms. The van der Waals surface area contributed by atoms with E-state index in [-0.39, 0.29) is 16.8 Å². The summed E-state index contributed by atoms with van der Waals surface area (Å²) >= 11 is 0. The van der Waals surface area contributed by atoms with Crippen LogP contribution in [0.5, 0.6) is 0 Å². The summed E-state index contributed by atoms with van der Waals surface area (Å²) < 4.78 is 64.7. The van der Waals surface area contributed by atoms with E-state index in [1.54, 1.807) is 12.3 Å². The first-order valence-corrected chi connectivity index (χ1v) is 10.2. The number of pyridine rings is 1. The lowest BCUT2D eigenvalue weighted by Gasteiger charge is -2.55. The van der Waals surface area contributed by atoms with Crippen molar-refractivity contribution >= 4 is 22.7 Å². The van der Waals surface area contributed by atoms with Crippen LogP contribution >= 0.6 is 0 Å². The van der Waals surface area contributed by atoms with Crippen LogP contribution in [0.4, 0.5) is 33.5 Å². The fourth-order valence-corrected chi connectivity index (χ4v) is 4.60. The fourth-order valence-electron chi connectivity index (χ4n) is 4.60. The van der Waals surface area contributed by atoms with Gasteiger partial charge in [-0.15, -0.1) is 0 Å². The molecule has 0 radical (unpaired) electrons. The summed E-state index contributed by atoms with van der Waals surface area (Å²) in [4.78, 5) is 16.6. The summed E-state index contributed by atoms with van der Waals surface area (Å²) in [5.74, 6) is 0.520. The van der Waals surface area contributed by atoms with Gasteiger partial charge in [0.15, 0.2) is 5.65 Å². The molecule has 0 amide bonds. The Hall–Kier alpha value is -3.05. The highest BCUT2D eigenvalue weighted by atomic mass is 19.4. The van der Waals surface area contributed by atoms with Crippen molar-refractivity contribution in [2.24, 2.45) is 5.41 Å². The molecule has 170 valence electrons. The Balaban J connectivity index is 1.29. The molecule has 2 saturated heterocycles. The third-order valence-corrected chi connectivity index (χ3v) is 6.06. The Kier molecular flexibility index (Phi) is 4.90. The Morgan fingerprint density at radius 2 is 1.78 bits per heavy atom. The second-order valence-electron chi connectivity index (χ2n) is 8.48. The van der Waals surface area contributed by atoms with Crippen LogP contribution in [0.1, 0.15) is 25.0 Å². The first-order valence-electron chi connectivity index (χ1n) is 10.2. The van der Waals surface area contributed by atoms with E-state index < -0.39 is 19.1 Å². The smallest absolute Gasteiger partial charge is 0.370 e. The summed E-state index contributed by atoms with van der Waals surface area (Å²) in [5.41, 5.74) is 0.994. The normalized spacial score (nSPS) is 18.6. The highest BCUT2D eigenvalue weighted by Gasteiger charge is 2.46. The van der Waals surface area contributed by atoms with Crippen LogP contribution in [0.2, 0.25) is 0 Å². The van der Waals surface area contributed by atoms with Gasteiger partial charge in [-0.1, -0.05) is 0 Å². The molecule has 5 heterocycles. The molecular weight excluding hydrogens is 433 g/mol. The van der Waals surface area contributed by atoms with E-state index >= 15 is 0 Å². The van der Waals surface area contributed by atoms with Gasteiger partial charge < -0.3 is 9.80 Å². The predicted molar refractivity (Wildman–Crippen MR) is 107 cm³/mol. The molecule has 0 bridgehead atoms. The van der Waals surface area contributed by atoms with Gasteiger partial charge in [0.25, 0.3) is 6.43 Å². The molecule has 2 aliphatic rings. The second kappa shape index (κ2) is 7.52. The SMILES string of the molecule is FC(F)c1ccc(N2CCCC3(C2)CN(c2cnc4cnn(CC(F)(F)F)c4n2)C3)cn1. The monoisotopic (exact) mass is 453 g/mol. The van der Waals surface area contributed by atoms with E-state index in [0.29, 0.717) is 24.4 Å². The van der Waals surface area contributed by atoms with Crippen molar-refractivity contribution in [3.63, 3.8) is 0 Å². The van der Waals surface area contributed by atoms with Gasteiger partial charge in [-0.05, 0) is 25.0 Å². The Labute approximate surface area is 179 Å². The molecule has 3 aromatic rings. The number of piperidine rings is 1. The van der Waals surface area contributed by atoms with Crippen molar-refractivity contribution in [2.45, 2.75) is 32.0 Å². The predicted octanol–water partition coefficient (Wildman–Crippen LogP) is 3.83. The quantitative estimate of drug-likeness (QED) is 0.560. The average Bonchev–Trinajstić information content (AvgIpc) is 3.12. The van der Waals surface area contributed by atoms with E-state index in [4.69, 9.17) is 0 Å². The van der Waals surface area contributed by atoms with Crippen molar-refractivity contribution in [3.8, 4) is 0 Å². The molecule has 3 aromatic heterocycles. The molecule has 2 fully saturated rings. The van der Waals surface area contributed by atoms with Gasteiger partial charge in [-0.3, -0.25) is 4.98 Å². The molecule has 12 heteroatoms. The number of hydrogen-bond acceptors (Lipinski definition) is 6. The summed E-state index contributed by atoms with van der Waals surface area (Å²) in [6.45, 7) is 1.74. The molecule has 0 N–H and O–H groups in total. The molecule has 0 unspecified atom stereocenters.